The predicted molar refractivity (Wildman–Crippen MR) is 133 cm³/mol. The van der Waals surface area contributed by atoms with Crippen molar-refractivity contribution in [2.75, 3.05) is 11.9 Å². The van der Waals surface area contributed by atoms with Gasteiger partial charge in [-0.1, -0.05) is 60.7 Å². The number of hydrogen-bond acceptors (Lipinski definition) is 7. The van der Waals surface area contributed by atoms with E-state index in [1.165, 1.54) is 13.3 Å². The van der Waals surface area contributed by atoms with Gasteiger partial charge in [-0.05, 0) is 11.1 Å². The molecule has 2 aromatic heterocycles. The molecule has 2 unspecified atom stereocenters. The molecule has 1 aliphatic carbocycles. The maximum atomic E-state index is 13.7. The topological polar surface area (TPSA) is 108 Å². The fraction of sp³-hybridized carbons (Fsp3) is 0.296. The van der Waals surface area contributed by atoms with Crippen LogP contribution in [-0.2, 0) is 32.3 Å². The van der Waals surface area contributed by atoms with Crippen LogP contribution in [0.25, 0.3) is 11.2 Å². The summed E-state index contributed by atoms with van der Waals surface area (Å²) in [5.74, 6) is -0.362. The minimum absolute atomic E-state index is 0.0140. The molecule has 4 aromatic rings. The van der Waals surface area contributed by atoms with Gasteiger partial charge in [-0.2, -0.15) is 0 Å². The molecule has 9 heteroatoms. The van der Waals surface area contributed by atoms with E-state index < -0.39 is 12.0 Å². The van der Waals surface area contributed by atoms with Gasteiger partial charge < -0.3 is 19.4 Å². The molecule has 1 N–H and O–H groups in total. The molecule has 36 heavy (non-hydrogen) atoms. The molecule has 0 saturated heterocycles. The Morgan fingerprint density at radius 3 is 2.39 bits per heavy atom. The van der Waals surface area contributed by atoms with Gasteiger partial charge in [0, 0.05) is 13.3 Å². The van der Waals surface area contributed by atoms with Crippen LogP contribution in [0.5, 0.6) is 0 Å². The summed E-state index contributed by atoms with van der Waals surface area (Å²) in [6.45, 7) is 2.48. The van der Waals surface area contributed by atoms with Crippen LogP contribution < -0.4 is 5.32 Å². The number of Topliss-reactive ketones (excluding diaryl/α,β-unsaturated/α-hetero) is 1. The van der Waals surface area contributed by atoms with E-state index in [1.54, 1.807) is 10.9 Å². The Hall–Kier alpha value is -3.95. The molecule has 0 aliphatic heterocycles. The molecule has 0 bridgehead atoms. The Bertz CT molecular complexity index is 1340. The van der Waals surface area contributed by atoms with Crippen molar-refractivity contribution in [3.05, 3.63) is 84.4 Å². The van der Waals surface area contributed by atoms with E-state index in [1.807, 2.05) is 60.7 Å². The summed E-state index contributed by atoms with van der Waals surface area (Å²) in [7, 11) is 0. The number of imidazole rings is 1. The van der Waals surface area contributed by atoms with Crippen LogP contribution in [0, 0.1) is 5.92 Å². The number of rotatable bonds is 9. The third-order valence-corrected chi connectivity index (χ3v) is 6.30. The average molecular weight is 486 g/mol. The molecule has 5 rings (SSSR count). The second-order valence-corrected chi connectivity index (χ2v) is 8.82. The largest absolute Gasteiger partial charge is 0.376 e. The average Bonchev–Trinajstić information content (AvgIpc) is 3.45. The highest BCUT2D eigenvalue weighted by Crippen LogP contribution is 2.36. The Balaban J connectivity index is 1.37. The zero-order chi connectivity index (χ0) is 24.9. The maximum absolute atomic E-state index is 13.7. The van der Waals surface area contributed by atoms with Crippen LogP contribution in [0.1, 0.15) is 30.5 Å². The number of carbonyl (C=O) groups excluding carboxylic acids is 2. The Labute approximate surface area is 208 Å². The van der Waals surface area contributed by atoms with Gasteiger partial charge in [0.15, 0.2) is 22.8 Å². The van der Waals surface area contributed by atoms with Crippen molar-refractivity contribution in [2.24, 2.45) is 5.92 Å². The van der Waals surface area contributed by atoms with Gasteiger partial charge in [0.25, 0.3) is 0 Å². The first-order chi connectivity index (χ1) is 17.6. The van der Waals surface area contributed by atoms with Crippen molar-refractivity contribution < 1.29 is 19.1 Å². The molecule has 0 radical (unpaired) electrons. The third-order valence-electron chi connectivity index (χ3n) is 6.30. The van der Waals surface area contributed by atoms with Crippen molar-refractivity contribution in [3.63, 3.8) is 0 Å². The van der Waals surface area contributed by atoms with Crippen LogP contribution >= 0.6 is 0 Å². The highest BCUT2D eigenvalue weighted by molar-refractivity contribution is 5.96. The Kier molecular flexibility index (Phi) is 7.11. The lowest BCUT2D eigenvalue weighted by Crippen LogP contribution is -2.28. The number of ether oxygens (including phenoxy) is 2. The molecule has 1 fully saturated rings. The first kappa shape index (κ1) is 23.8. The summed E-state index contributed by atoms with van der Waals surface area (Å²) in [6.07, 6.45) is 3.08. The van der Waals surface area contributed by atoms with Gasteiger partial charge in [0.05, 0.1) is 44.2 Å². The number of aromatic nitrogens is 4. The molecule has 2 heterocycles. The highest BCUT2D eigenvalue weighted by Gasteiger charge is 2.44. The van der Waals surface area contributed by atoms with Gasteiger partial charge in [-0.25, -0.2) is 15.0 Å². The Morgan fingerprint density at radius 2 is 1.69 bits per heavy atom. The first-order valence-electron chi connectivity index (χ1n) is 11.9. The van der Waals surface area contributed by atoms with E-state index in [4.69, 9.17) is 9.47 Å². The van der Waals surface area contributed by atoms with E-state index in [0.717, 1.165) is 11.1 Å². The number of benzene rings is 2. The van der Waals surface area contributed by atoms with Crippen LogP contribution in [0.3, 0.4) is 0 Å². The SMILES string of the molecule is CC(=O)Nc1ncnc2c1ncn2C1CC(OCc2ccccc2)[C@@H](COCc2ccccc2)C1=O. The number of ketones is 1. The van der Waals surface area contributed by atoms with Crippen LogP contribution in [0.2, 0.25) is 0 Å². The summed E-state index contributed by atoms with van der Waals surface area (Å²) in [5.41, 5.74) is 3.01. The highest BCUT2D eigenvalue weighted by atomic mass is 16.5. The maximum Gasteiger partial charge on any atom is 0.222 e. The number of amides is 1. The number of nitrogens with one attached hydrogen (secondary N) is 1. The zero-order valence-corrected chi connectivity index (χ0v) is 19.9. The van der Waals surface area contributed by atoms with E-state index >= 15 is 0 Å². The quantitative estimate of drug-likeness (QED) is 0.385. The first-order valence-corrected chi connectivity index (χ1v) is 11.9. The zero-order valence-electron chi connectivity index (χ0n) is 19.9. The molecule has 1 aliphatic rings. The summed E-state index contributed by atoms with van der Waals surface area (Å²) in [4.78, 5) is 38.1. The summed E-state index contributed by atoms with van der Waals surface area (Å²) in [6, 6.07) is 19.2. The molecular weight excluding hydrogens is 458 g/mol. The van der Waals surface area contributed by atoms with Crippen LogP contribution in [0.4, 0.5) is 5.82 Å². The van der Waals surface area contributed by atoms with Gasteiger partial charge in [-0.15, -0.1) is 0 Å². The second-order valence-electron chi connectivity index (χ2n) is 8.82. The number of hydrogen-bond donors (Lipinski definition) is 1. The lowest BCUT2D eigenvalue weighted by atomic mass is 10.1. The van der Waals surface area contributed by atoms with E-state index in [2.05, 4.69) is 20.3 Å². The van der Waals surface area contributed by atoms with Crippen molar-refractivity contribution in [3.8, 4) is 0 Å². The molecule has 2 aromatic carbocycles. The van der Waals surface area contributed by atoms with E-state index in [-0.39, 0.29) is 24.4 Å². The van der Waals surface area contributed by atoms with Crippen LogP contribution in [-0.4, -0.2) is 43.9 Å². The molecule has 9 nitrogen and oxygen atoms in total. The molecule has 3 atom stereocenters. The summed E-state index contributed by atoms with van der Waals surface area (Å²) in [5, 5.41) is 2.67. The predicted octanol–water partition coefficient (Wildman–Crippen LogP) is 3.72. The number of fused-ring (bicyclic) bond motifs is 1. The van der Waals surface area contributed by atoms with Crippen molar-refractivity contribution in [1.29, 1.82) is 0 Å². The van der Waals surface area contributed by atoms with Gasteiger partial charge in [0.2, 0.25) is 5.91 Å². The fourth-order valence-electron chi connectivity index (χ4n) is 4.55. The molecule has 1 amide bonds. The molecular formula is C27H27N5O4. The monoisotopic (exact) mass is 485 g/mol. The lowest BCUT2D eigenvalue weighted by molar-refractivity contribution is -0.128. The van der Waals surface area contributed by atoms with Crippen molar-refractivity contribution >= 4 is 28.7 Å². The van der Waals surface area contributed by atoms with E-state index in [9.17, 15) is 9.59 Å². The van der Waals surface area contributed by atoms with Crippen molar-refractivity contribution in [1.82, 2.24) is 19.5 Å². The normalized spacial score (nSPS) is 19.6. The van der Waals surface area contributed by atoms with Crippen LogP contribution in [0.15, 0.2) is 73.3 Å². The van der Waals surface area contributed by atoms with Gasteiger partial charge in [-0.3, -0.25) is 9.59 Å². The lowest BCUT2D eigenvalue weighted by Gasteiger charge is -2.19. The molecule has 0 spiro atoms. The minimum Gasteiger partial charge on any atom is -0.376 e. The van der Waals surface area contributed by atoms with Gasteiger partial charge in [0.1, 0.15) is 6.33 Å². The molecule has 1 saturated carbocycles. The second kappa shape index (κ2) is 10.8. The smallest absolute Gasteiger partial charge is 0.222 e. The van der Waals surface area contributed by atoms with Gasteiger partial charge >= 0.3 is 0 Å². The fourth-order valence-corrected chi connectivity index (χ4v) is 4.55. The number of anilines is 1. The minimum atomic E-state index is -0.513. The number of nitrogens with zero attached hydrogens (tertiary/aromatic N) is 4. The van der Waals surface area contributed by atoms with E-state index in [0.29, 0.717) is 36.6 Å². The molecule has 184 valence electrons. The summed E-state index contributed by atoms with van der Waals surface area (Å²) < 4.78 is 14.0. The Morgan fingerprint density at radius 1 is 1.00 bits per heavy atom. The number of carbonyl (C=O) groups is 2. The third kappa shape index (κ3) is 5.17. The standard InChI is InChI=1S/C27H27N5O4/c1-18(33)31-26-24-27(29-16-28-26)32(17-30-24)22-12-23(36-14-20-10-6-3-7-11-20)21(25(22)34)15-35-13-19-8-4-2-5-9-19/h2-11,16-17,21-23H,12-15H2,1H3,(H,28,29,31,33)/t21-,22?,23?/m1/s1. The van der Waals surface area contributed by atoms with Crippen molar-refractivity contribution in [2.45, 2.75) is 38.7 Å². The summed E-state index contributed by atoms with van der Waals surface area (Å²) >= 11 is 0.